The maximum absolute atomic E-state index is 12.3. The molecule has 0 bridgehead atoms. The molecule has 1 aromatic carbocycles. The highest BCUT2D eigenvalue weighted by molar-refractivity contribution is 9.10. The van der Waals surface area contributed by atoms with E-state index in [0.29, 0.717) is 16.9 Å². The highest BCUT2D eigenvalue weighted by atomic mass is 79.9. The van der Waals surface area contributed by atoms with Gasteiger partial charge >= 0.3 is 0 Å². The summed E-state index contributed by atoms with van der Waals surface area (Å²) in [5.74, 6) is -0.288. The molecule has 0 unspecified atom stereocenters. The molecule has 5 nitrogen and oxygen atoms in total. The number of nitriles is 1. The zero-order chi connectivity index (χ0) is 14.7. The van der Waals surface area contributed by atoms with Crippen molar-refractivity contribution in [1.29, 1.82) is 5.26 Å². The molecular weight excluding hydrogens is 320 g/mol. The topological polar surface area (TPSA) is 83.0 Å². The molecule has 0 saturated carbocycles. The van der Waals surface area contributed by atoms with E-state index >= 15 is 0 Å². The zero-order valence-corrected chi connectivity index (χ0v) is 12.3. The Kier molecular flexibility index (Phi) is 4.01. The first-order valence-electron chi connectivity index (χ1n) is 5.72. The number of pyridine rings is 1. The Morgan fingerprint density at radius 2 is 2.15 bits per heavy atom. The van der Waals surface area contributed by atoms with Crippen molar-refractivity contribution in [3.05, 3.63) is 52.3 Å². The molecular formula is C14H11BrN4O. The average molecular weight is 331 g/mol. The molecule has 20 heavy (non-hydrogen) atoms. The van der Waals surface area contributed by atoms with Crippen LogP contribution in [-0.2, 0) is 0 Å². The van der Waals surface area contributed by atoms with Crippen molar-refractivity contribution in [2.24, 2.45) is 0 Å². The maximum atomic E-state index is 12.3. The summed E-state index contributed by atoms with van der Waals surface area (Å²) in [5.41, 5.74) is 7.66. The van der Waals surface area contributed by atoms with Gasteiger partial charge in [0.25, 0.3) is 5.91 Å². The monoisotopic (exact) mass is 330 g/mol. The fourth-order valence-electron chi connectivity index (χ4n) is 1.70. The number of nitrogen functional groups attached to an aromatic ring is 1. The molecule has 100 valence electrons. The first-order valence-corrected chi connectivity index (χ1v) is 6.51. The summed E-state index contributed by atoms with van der Waals surface area (Å²) in [7, 11) is 1.63. The molecule has 2 rings (SSSR count). The van der Waals surface area contributed by atoms with E-state index in [1.54, 1.807) is 25.2 Å². The Hall–Kier alpha value is -2.39. The number of halogens is 1. The Labute approximate surface area is 124 Å². The number of nitrogens with two attached hydrogens (primary N) is 1. The van der Waals surface area contributed by atoms with Crippen molar-refractivity contribution in [2.45, 2.75) is 0 Å². The number of aromatic nitrogens is 1. The van der Waals surface area contributed by atoms with E-state index in [4.69, 9.17) is 11.0 Å². The Bertz CT molecular complexity index is 691. The van der Waals surface area contributed by atoms with Gasteiger partial charge in [0, 0.05) is 17.7 Å². The van der Waals surface area contributed by atoms with Crippen LogP contribution >= 0.6 is 15.9 Å². The lowest BCUT2D eigenvalue weighted by molar-refractivity contribution is 0.0988. The number of anilines is 2. The summed E-state index contributed by atoms with van der Waals surface area (Å²) in [6, 6.07) is 10.3. The highest BCUT2D eigenvalue weighted by Gasteiger charge is 2.16. The summed E-state index contributed by atoms with van der Waals surface area (Å²) in [6.07, 6.45) is 1.37. The van der Waals surface area contributed by atoms with Crippen molar-refractivity contribution >= 4 is 33.2 Å². The summed E-state index contributed by atoms with van der Waals surface area (Å²) < 4.78 is 0.844. The summed E-state index contributed by atoms with van der Waals surface area (Å²) in [5, 5.41) is 8.71. The van der Waals surface area contributed by atoms with Crippen LogP contribution in [0.15, 0.2) is 41.0 Å². The third-order valence-electron chi connectivity index (χ3n) is 2.77. The van der Waals surface area contributed by atoms with Crippen LogP contribution in [0.25, 0.3) is 0 Å². The number of hydrogen-bond acceptors (Lipinski definition) is 4. The molecule has 1 aromatic heterocycles. The van der Waals surface area contributed by atoms with E-state index in [0.717, 1.165) is 4.47 Å². The van der Waals surface area contributed by atoms with Crippen LogP contribution in [0, 0.1) is 11.3 Å². The van der Waals surface area contributed by atoms with E-state index in [9.17, 15) is 4.79 Å². The Morgan fingerprint density at radius 3 is 2.70 bits per heavy atom. The van der Waals surface area contributed by atoms with Crippen LogP contribution in [0.3, 0.4) is 0 Å². The molecule has 2 aromatic rings. The maximum Gasteiger partial charge on any atom is 0.276 e. The van der Waals surface area contributed by atoms with Crippen LogP contribution in [0.2, 0.25) is 0 Å². The number of carbonyl (C=O) groups is 1. The van der Waals surface area contributed by atoms with Crippen LogP contribution in [0.4, 0.5) is 11.4 Å². The number of amides is 1. The largest absolute Gasteiger partial charge is 0.397 e. The predicted octanol–water partition coefficient (Wildman–Crippen LogP) is 2.57. The van der Waals surface area contributed by atoms with Crippen molar-refractivity contribution in [1.82, 2.24) is 4.98 Å². The van der Waals surface area contributed by atoms with Crippen LogP contribution in [-0.4, -0.2) is 17.9 Å². The molecule has 0 aliphatic heterocycles. The first kappa shape index (κ1) is 14.0. The van der Waals surface area contributed by atoms with Gasteiger partial charge in [-0.25, -0.2) is 4.98 Å². The molecule has 0 aliphatic rings. The molecule has 0 saturated heterocycles. The Balaban J connectivity index is 2.30. The van der Waals surface area contributed by atoms with Crippen molar-refractivity contribution in [2.75, 3.05) is 17.7 Å². The van der Waals surface area contributed by atoms with Gasteiger partial charge in [-0.15, -0.1) is 0 Å². The molecule has 1 heterocycles. The van der Waals surface area contributed by atoms with Gasteiger partial charge in [0.15, 0.2) is 0 Å². The fraction of sp³-hybridized carbons (Fsp3) is 0.0714. The second kappa shape index (κ2) is 5.72. The number of rotatable bonds is 2. The minimum absolute atomic E-state index is 0.258. The van der Waals surface area contributed by atoms with Crippen LogP contribution < -0.4 is 10.6 Å². The highest BCUT2D eigenvalue weighted by Crippen LogP contribution is 2.26. The predicted molar refractivity (Wildman–Crippen MR) is 80.2 cm³/mol. The number of carbonyl (C=O) groups excluding carboxylic acids is 1. The zero-order valence-electron chi connectivity index (χ0n) is 10.7. The minimum atomic E-state index is -0.288. The van der Waals surface area contributed by atoms with Gasteiger partial charge in [-0.05, 0) is 30.3 Å². The average Bonchev–Trinajstić information content (AvgIpc) is 2.46. The lowest BCUT2D eigenvalue weighted by Crippen LogP contribution is -2.27. The van der Waals surface area contributed by atoms with E-state index in [2.05, 4.69) is 20.9 Å². The molecule has 0 atom stereocenters. The van der Waals surface area contributed by atoms with E-state index in [1.807, 2.05) is 12.1 Å². The molecule has 0 radical (unpaired) electrons. The molecule has 1 amide bonds. The molecule has 0 aliphatic carbocycles. The lowest BCUT2D eigenvalue weighted by Gasteiger charge is -2.19. The van der Waals surface area contributed by atoms with Gasteiger partial charge in [0.05, 0.1) is 16.9 Å². The number of benzene rings is 1. The van der Waals surface area contributed by atoms with Gasteiger partial charge in [0.1, 0.15) is 11.8 Å². The lowest BCUT2D eigenvalue weighted by atomic mass is 10.2. The van der Waals surface area contributed by atoms with Crippen molar-refractivity contribution < 1.29 is 4.79 Å². The summed E-state index contributed by atoms with van der Waals surface area (Å²) in [6.45, 7) is 0. The molecule has 6 heteroatoms. The van der Waals surface area contributed by atoms with E-state index in [1.165, 1.54) is 17.2 Å². The van der Waals surface area contributed by atoms with Crippen LogP contribution in [0.1, 0.15) is 16.1 Å². The second-order valence-electron chi connectivity index (χ2n) is 4.11. The van der Waals surface area contributed by atoms with Gasteiger partial charge in [-0.3, -0.25) is 4.79 Å². The van der Waals surface area contributed by atoms with Crippen molar-refractivity contribution in [3.63, 3.8) is 0 Å². The van der Waals surface area contributed by atoms with E-state index < -0.39 is 0 Å². The molecule has 0 fully saturated rings. The van der Waals surface area contributed by atoms with Gasteiger partial charge < -0.3 is 10.6 Å². The number of nitrogens with zero attached hydrogens (tertiary/aromatic N) is 3. The smallest absolute Gasteiger partial charge is 0.276 e. The summed E-state index contributed by atoms with van der Waals surface area (Å²) in [4.78, 5) is 17.7. The SMILES string of the molecule is CN(C(=O)c1ccc(C#N)cn1)c1ccc(Br)cc1N. The fourth-order valence-corrected chi connectivity index (χ4v) is 2.08. The van der Waals surface area contributed by atoms with Crippen molar-refractivity contribution in [3.8, 4) is 6.07 Å². The first-order chi connectivity index (χ1) is 9.52. The summed E-state index contributed by atoms with van der Waals surface area (Å²) >= 11 is 3.32. The van der Waals surface area contributed by atoms with Gasteiger partial charge in [-0.1, -0.05) is 15.9 Å². The molecule has 0 spiro atoms. The molecule has 2 N–H and O–H groups in total. The third-order valence-corrected chi connectivity index (χ3v) is 3.26. The van der Waals surface area contributed by atoms with E-state index in [-0.39, 0.29) is 11.6 Å². The standard InChI is InChI=1S/C14H11BrN4O/c1-19(13-5-3-10(15)6-11(13)17)14(20)12-4-2-9(7-16)8-18-12/h2-6,8H,17H2,1H3. The number of hydrogen-bond donors (Lipinski definition) is 1. The van der Waals surface area contributed by atoms with Crippen LogP contribution in [0.5, 0.6) is 0 Å². The van der Waals surface area contributed by atoms with Gasteiger partial charge in [0.2, 0.25) is 0 Å². The van der Waals surface area contributed by atoms with Gasteiger partial charge in [-0.2, -0.15) is 5.26 Å². The second-order valence-corrected chi connectivity index (χ2v) is 5.03. The normalized spacial score (nSPS) is 9.85. The third kappa shape index (κ3) is 2.78. The quantitative estimate of drug-likeness (QED) is 0.858. The minimum Gasteiger partial charge on any atom is -0.397 e. The Morgan fingerprint density at radius 1 is 1.40 bits per heavy atom.